The average molecular weight is 287 g/mol. The van der Waals surface area contributed by atoms with Crippen LogP contribution in [0.15, 0.2) is 4.99 Å². The fraction of sp³-hybridized carbons (Fsp3) is 0.750. The van der Waals surface area contributed by atoms with E-state index in [4.69, 9.17) is 4.74 Å². The molecule has 1 aliphatic heterocycles. The van der Waals surface area contributed by atoms with Gasteiger partial charge in [0.15, 0.2) is 5.17 Å². The van der Waals surface area contributed by atoms with Gasteiger partial charge in [0.05, 0.1) is 6.54 Å². The van der Waals surface area contributed by atoms with E-state index in [1.165, 1.54) is 11.8 Å². The van der Waals surface area contributed by atoms with Gasteiger partial charge < -0.3 is 10.1 Å². The van der Waals surface area contributed by atoms with E-state index in [1.54, 1.807) is 0 Å². The molecule has 0 atom stereocenters. The minimum atomic E-state index is -0.653. The van der Waals surface area contributed by atoms with Crippen molar-refractivity contribution < 1.29 is 14.3 Å². The first-order chi connectivity index (χ1) is 9.24. The Morgan fingerprint density at radius 3 is 2.79 bits per heavy atom. The summed E-state index contributed by atoms with van der Waals surface area (Å²) >= 11 is 1.45. The first-order valence-corrected chi connectivity index (χ1v) is 7.56. The van der Waals surface area contributed by atoms with Crippen molar-refractivity contribution in [2.75, 3.05) is 32.1 Å². The van der Waals surface area contributed by atoms with Crippen LogP contribution >= 0.6 is 11.8 Å². The zero-order chi connectivity index (χ0) is 13.9. The third-order valence-corrected chi connectivity index (χ3v) is 3.30. The quantitative estimate of drug-likeness (QED) is 0.529. The summed E-state index contributed by atoms with van der Waals surface area (Å²) in [5, 5.41) is 5.56. The predicted octanol–water partition coefficient (Wildman–Crippen LogP) is 0.528. The topological polar surface area (TPSA) is 79.8 Å². The Morgan fingerprint density at radius 1 is 1.32 bits per heavy atom. The Morgan fingerprint density at radius 2 is 2.11 bits per heavy atom. The van der Waals surface area contributed by atoms with E-state index >= 15 is 0 Å². The van der Waals surface area contributed by atoms with Gasteiger partial charge >= 0.3 is 11.8 Å². The van der Waals surface area contributed by atoms with Crippen LogP contribution in [0.25, 0.3) is 0 Å². The number of carbonyl (C=O) groups is 2. The molecule has 0 aromatic carbocycles. The fourth-order valence-corrected chi connectivity index (χ4v) is 2.09. The largest absolute Gasteiger partial charge is 0.381 e. The summed E-state index contributed by atoms with van der Waals surface area (Å²) in [5.41, 5.74) is 0. The summed E-state index contributed by atoms with van der Waals surface area (Å²) < 4.78 is 5.35. The molecule has 1 rings (SSSR count). The van der Waals surface area contributed by atoms with Gasteiger partial charge in [0.2, 0.25) is 0 Å². The lowest BCUT2D eigenvalue weighted by Crippen LogP contribution is -2.42. The van der Waals surface area contributed by atoms with E-state index in [1.807, 2.05) is 0 Å². The molecule has 0 saturated heterocycles. The predicted molar refractivity (Wildman–Crippen MR) is 76.3 cm³/mol. The van der Waals surface area contributed by atoms with Crippen molar-refractivity contribution in [1.29, 1.82) is 0 Å². The normalized spacial score (nSPS) is 14.1. The van der Waals surface area contributed by atoms with Crippen molar-refractivity contribution in [2.24, 2.45) is 4.99 Å². The Bertz CT molecular complexity index is 334. The van der Waals surface area contributed by atoms with E-state index in [2.05, 4.69) is 22.5 Å². The molecule has 108 valence electrons. The number of hydrogen-bond donors (Lipinski definition) is 2. The zero-order valence-electron chi connectivity index (χ0n) is 11.2. The second-order valence-corrected chi connectivity index (χ2v) is 5.15. The van der Waals surface area contributed by atoms with Gasteiger partial charge in [0.25, 0.3) is 0 Å². The third-order valence-electron chi connectivity index (χ3n) is 2.41. The SMILES string of the molecule is CCCCOCCCNC(=O)C(=O)NC1=NCCS1. The van der Waals surface area contributed by atoms with Crippen molar-refractivity contribution in [3.8, 4) is 0 Å². The number of amidine groups is 1. The summed E-state index contributed by atoms with van der Waals surface area (Å²) in [6.45, 7) is 4.59. The maximum atomic E-state index is 11.5. The zero-order valence-corrected chi connectivity index (χ0v) is 12.1. The standard InChI is InChI=1S/C12H21N3O3S/c1-2-3-7-18-8-4-5-13-10(16)11(17)15-12-14-6-9-19-12/h2-9H2,1H3,(H,13,16)(H,14,15,17). The molecule has 1 aliphatic rings. The Hall–Kier alpha value is -1.08. The van der Waals surface area contributed by atoms with Crippen molar-refractivity contribution in [3.05, 3.63) is 0 Å². The third kappa shape index (κ3) is 7.17. The highest BCUT2D eigenvalue weighted by Crippen LogP contribution is 2.08. The molecule has 0 aromatic heterocycles. The highest BCUT2D eigenvalue weighted by atomic mass is 32.2. The molecule has 0 fully saturated rings. The molecular formula is C12H21N3O3S. The van der Waals surface area contributed by atoms with E-state index in [0.717, 1.165) is 25.2 Å². The van der Waals surface area contributed by atoms with E-state index in [-0.39, 0.29) is 0 Å². The Labute approximate surface area is 117 Å². The lowest BCUT2D eigenvalue weighted by atomic mass is 10.3. The maximum Gasteiger partial charge on any atom is 0.315 e. The minimum absolute atomic E-state index is 0.442. The molecule has 7 heteroatoms. The molecular weight excluding hydrogens is 266 g/mol. The Kier molecular flexibility index (Phi) is 8.24. The van der Waals surface area contributed by atoms with Gasteiger partial charge in [-0.15, -0.1) is 0 Å². The van der Waals surface area contributed by atoms with Crippen LogP contribution in [-0.4, -0.2) is 49.0 Å². The van der Waals surface area contributed by atoms with Gasteiger partial charge in [0.1, 0.15) is 0 Å². The Balaban J connectivity index is 2.02. The van der Waals surface area contributed by atoms with Gasteiger partial charge in [0, 0.05) is 25.5 Å². The summed E-state index contributed by atoms with van der Waals surface area (Å²) in [4.78, 5) is 26.9. The molecule has 2 amide bonds. The van der Waals surface area contributed by atoms with Crippen LogP contribution in [0, 0.1) is 0 Å². The monoisotopic (exact) mass is 287 g/mol. The molecule has 0 bridgehead atoms. The minimum Gasteiger partial charge on any atom is -0.381 e. The smallest absolute Gasteiger partial charge is 0.315 e. The number of amides is 2. The second kappa shape index (κ2) is 9.80. The van der Waals surface area contributed by atoms with Crippen molar-refractivity contribution >= 4 is 28.7 Å². The number of nitrogens with zero attached hydrogens (tertiary/aromatic N) is 1. The number of thioether (sulfide) groups is 1. The van der Waals surface area contributed by atoms with Crippen LogP contribution in [0.5, 0.6) is 0 Å². The van der Waals surface area contributed by atoms with Crippen LogP contribution in [0.1, 0.15) is 26.2 Å². The molecule has 1 heterocycles. The van der Waals surface area contributed by atoms with Gasteiger partial charge in [-0.1, -0.05) is 25.1 Å². The number of aliphatic imine (C=N–C) groups is 1. The van der Waals surface area contributed by atoms with Crippen LogP contribution in [-0.2, 0) is 14.3 Å². The number of rotatable bonds is 7. The summed E-state index contributed by atoms with van der Waals surface area (Å²) in [6.07, 6.45) is 2.87. The summed E-state index contributed by atoms with van der Waals surface area (Å²) in [7, 11) is 0. The van der Waals surface area contributed by atoms with Crippen LogP contribution in [0.2, 0.25) is 0 Å². The molecule has 0 aromatic rings. The van der Waals surface area contributed by atoms with Crippen molar-refractivity contribution in [3.63, 3.8) is 0 Å². The molecule has 0 radical (unpaired) electrons. The van der Waals surface area contributed by atoms with E-state index in [0.29, 0.717) is 31.3 Å². The van der Waals surface area contributed by atoms with Crippen LogP contribution in [0.3, 0.4) is 0 Å². The van der Waals surface area contributed by atoms with E-state index < -0.39 is 11.8 Å². The summed E-state index contributed by atoms with van der Waals surface area (Å²) in [5.74, 6) is -0.421. The molecule has 0 aliphatic carbocycles. The van der Waals surface area contributed by atoms with Gasteiger partial charge in [-0.25, -0.2) is 0 Å². The highest BCUT2D eigenvalue weighted by Gasteiger charge is 2.16. The van der Waals surface area contributed by atoms with E-state index in [9.17, 15) is 9.59 Å². The van der Waals surface area contributed by atoms with Crippen LogP contribution < -0.4 is 10.6 Å². The first-order valence-electron chi connectivity index (χ1n) is 6.58. The molecule has 2 N–H and O–H groups in total. The number of unbranched alkanes of at least 4 members (excludes halogenated alkanes) is 1. The molecule has 0 unspecified atom stereocenters. The summed E-state index contributed by atoms with van der Waals surface area (Å²) in [6, 6.07) is 0. The lowest BCUT2D eigenvalue weighted by molar-refractivity contribution is -0.138. The van der Waals surface area contributed by atoms with Gasteiger partial charge in [-0.05, 0) is 12.8 Å². The number of hydrogen-bond acceptors (Lipinski definition) is 5. The number of ether oxygens (including phenoxy) is 1. The average Bonchev–Trinajstić information content (AvgIpc) is 2.90. The van der Waals surface area contributed by atoms with Gasteiger partial charge in [-0.2, -0.15) is 0 Å². The van der Waals surface area contributed by atoms with Crippen LogP contribution in [0.4, 0.5) is 0 Å². The van der Waals surface area contributed by atoms with Crippen molar-refractivity contribution in [1.82, 2.24) is 10.6 Å². The van der Waals surface area contributed by atoms with Gasteiger partial charge in [-0.3, -0.25) is 19.9 Å². The number of nitrogens with one attached hydrogen (secondary N) is 2. The highest BCUT2D eigenvalue weighted by molar-refractivity contribution is 8.14. The molecule has 19 heavy (non-hydrogen) atoms. The molecule has 0 spiro atoms. The fourth-order valence-electron chi connectivity index (χ4n) is 1.37. The molecule has 6 nitrogen and oxygen atoms in total. The lowest BCUT2D eigenvalue weighted by Gasteiger charge is -2.06. The first kappa shape index (κ1) is 16.0. The number of carbonyl (C=O) groups excluding carboxylic acids is 2. The second-order valence-electron chi connectivity index (χ2n) is 4.06. The van der Waals surface area contributed by atoms with Crippen molar-refractivity contribution in [2.45, 2.75) is 26.2 Å². The molecule has 0 saturated carbocycles. The maximum absolute atomic E-state index is 11.5.